The highest BCUT2D eigenvalue weighted by Gasteiger charge is 2.23. The van der Waals surface area contributed by atoms with E-state index in [1.807, 2.05) is 11.7 Å². The molecule has 2 heterocycles. The van der Waals surface area contributed by atoms with Crippen molar-refractivity contribution in [1.82, 2.24) is 14.7 Å². The maximum absolute atomic E-state index is 5.99. The van der Waals surface area contributed by atoms with Crippen LogP contribution in [0.15, 0.2) is 4.47 Å². The van der Waals surface area contributed by atoms with E-state index < -0.39 is 0 Å². The third-order valence-electron chi connectivity index (χ3n) is 4.25. The lowest BCUT2D eigenvalue weighted by Gasteiger charge is -2.33. The van der Waals surface area contributed by atoms with E-state index in [2.05, 4.69) is 39.8 Å². The lowest BCUT2D eigenvalue weighted by Crippen LogP contribution is -2.39. The normalized spacial score (nSPS) is 19.8. The van der Waals surface area contributed by atoms with Crippen molar-refractivity contribution in [1.29, 1.82) is 0 Å². The van der Waals surface area contributed by atoms with Gasteiger partial charge in [-0.1, -0.05) is 6.92 Å². The Balaban J connectivity index is 1.98. The zero-order valence-corrected chi connectivity index (χ0v) is 13.8. The van der Waals surface area contributed by atoms with Gasteiger partial charge in [0.2, 0.25) is 0 Å². The Morgan fingerprint density at radius 3 is 2.53 bits per heavy atom. The van der Waals surface area contributed by atoms with Crippen LogP contribution in [0, 0.1) is 5.92 Å². The minimum absolute atomic E-state index is 0.331. The van der Waals surface area contributed by atoms with Gasteiger partial charge in [0.1, 0.15) is 0 Å². The van der Waals surface area contributed by atoms with Crippen LogP contribution in [0.25, 0.3) is 0 Å². The van der Waals surface area contributed by atoms with Gasteiger partial charge in [-0.15, -0.1) is 0 Å². The molecule has 1 saturated heterocycles. The highest BCUT2D eigenvalue weighted by Crippen LogP contribution is 2.25. The maximum Gasteiger partial charge on any atom is 0.0767 e. The number of nitrogens with two attached hydrogens (primary N) is 1. The van der Waals surface area contributed by atoms with Crippen LogP contribution in [0.3, 0.4) is 0 Å². The molecule has 1 aliphatic heterocycles. The second-order valence-electron chi connectivity index (χ2n) is 5.66. The Labute approximate surface area is 124 Å². The van der Waals surface area contributed by atoms with Crippen LogP contribution >= 0.6 is 15.9 Å². The number of aryl methyl sites for hydroxylation is 2. The molecular weight excluding hydrogens is 304 g/mol. The molecule has 0 aliphatic carbocycles. The summed E-state index contributed by atoms with van der Waals surface area (Å²) in [6, 6.07) is 0.331. The zero-order valence-electron chi connectivity index (χ0n) is 12.2. The van der Waals surface area contributed by atoms with Gasteiger partial charge in [0.15, 0.2) is 0 Å². The van der Waals surface area contributed by atoms with Gasteiger partial charge in [0.25, 0.3) is 0 Å². The molecule has 5 heteroatoms. The molecule has 1 fully saturated rings. The molecule has 2 rings (SSSR count). The number of likely N-dealkylation sites (tertiary alicyclic amines) is 1. The first-order valence-corrected chi connectivity index (χ1v) is 8.00. The van der Waals surface area contributed by atoms with Gasteiger partial charge < -0.3 is 5.73 Å². The van der Waals surface area contributed by atoms with Crippen LogP contribution in [0.4, 0.5) is 0 Å². The third-order valence-corrected chi connectivity index (χ3v) is 5.17. The van der Waals surface area contributed by atoms with Crippen LogP contribution in [0.2, 0.25) is 0 Å². The van der Waals surface area contributed by atoms with Gasteiger partial charge in [-0.2, -0.15) is 5.10 Å². The van der Waals surface area contributed by atoms with Gasteiger partial charge in [-0.25, -0.2) is 0 Å². The molecule has 0 aromatic carbocycles. The monoisotopic (exact) mass is 328 g/mol. The van der Waals surface area contributed by atoms with Crippen molar-refractivity contribution in [2.45, 2.75) is 45.7 Å². The van der Waals surface area contributed by atoms with Crippen LogP contribution in [-0.2, 0) is 20.0 Å². The molecule has 19 heavy (non-hydrogen) atoms. The molecule has 2 N–H and O–H groups in total. The fourth-order valence-electron chi connectivity index (χ4n) is 2.84. The molecule has 4 nitrogen and oxygen atoms in total. The summed E-state index contributed by atoms with van der Waals surface area (Å²) in [6.07, 6.45) is 3.41. The van der Waals surface area contributed by atoms with Gasteiger partial charge in [0.05, 0.1) is 15.9 Å². The highest BCUT2D eigenvalue weighted by atomic mass is 79.9. The smallest absolute Gasteiger partial charge is 0.0767 e. The summed E-state index contributed by atoms with van der Waals surface area (Å²) in [5.74, 6) is 0.692. The first kappa shape index (κ1) is 15.0. The van der Waals surface area contributed by atoms with E-state index in [9.17, 15) is 0 Å². The molecule has 0 saturated carbocycles. The molecule has 1 aliphatic rings. The summed E-state index contributed by atoms with van der Waals surface area (Å²) in [4.78, 5) is 2.51. The Morgan fingerprint density at radius 1 is 1.42 bits per heavy atom. The second kappa shape index (κ2) is 6.37. The van der Waals surface area contributed by atoms with E-state index in [4.69, 9.17) is 5.73 Å². The summed E-state index contributed by atoms with van der Waals surface area (Å²) in [6.45, 7) is 7.54. The van der Waals surface area contributed by atoms with Gasteiger partial charge >= 0.3 is 0 Å². The molecule has 0 bridgehead atoms. The summed E-state index contributed by atoms with van der Waals surface area (Å²) in [5, 5.41) is 4.56. The Bertz CT molecular complexity index is 419. The van der Waals surface area contributed by atoms with Gasteiger partial charge in [0, 0.05) is 19.6 Å². The molecule has 1 atom stereocenters. The molecule has 1 aromatic heterocycles. The van der Waals surface area contributed by atoms with Gasteiger partial charge in [-0.05, 0) is 61.1 Å². The summed E-state index contributed by atoms with van der Waals surface area (Å²) in [7, 11) is 2.04. The summed E-state index contributed by atoms with van der Waals surface area (Å²) < 4.78 is 3.20. The van der Waals surface area contributed by atoms with Crippen molar-refractivity contribution in [3.63, 3.8) is 0 Å². The number of hydrogen-bond donors (Lipinski definition) is 1. The Morgan fingerprint density at radius 2 is 2.05 bits per heavy atom. The number of hydrogen-bond acceptors (Lipinski definition) is 3. The van der Waals surface area contributed by atoms with Crippen molar-refractivity contribution in [2.75, 3.05) is 13.1 Å². The van der Waals surface area contributed by atoms with Crippen LogP contribution < -0.4 is 5.73 Å². The van der Waals surface area contributed by atoms with Crippen LogP contribution in [0.1, 0.15) is 38.1 Å². The lowest BCUT2D eigenvalue weighted by molar-refractivity contribution is 0.162. The van der Waals surface area contributed by atoms with E-state index in [0.29, 0.717) is 12.0 Å². The van der Waals surface area contributed by atoms with Gasteiger partial charge in [-0.3, -0.25) is 9.58 Å². The predicted octanol–water partition coefficient (Wildman–Crippen LogP) is 2.30. The molecule has 1 aromatic rings. The fraction of sp³-hybridized carbons (Fsp3) is 0.786. The first-order chi connectivity index (χ1) is 9.02. The zero-order chi connectivity index (χ0) is 14.0. The van der Waals surface area contributed by atoms with E-state index >= 15 is 0 Å². The van der Waals surface area contributed by atoms with Crippen molar-refractivity contribution >= 4 is 15.9 Å². The minimum Gasteiger partial charge on any atom is -0.328 e. The Hall–Kier alpha value is -0.390. The summed E-state index contributed by atoms with van der Waals surface area (Å²) in [5.41, 5.74) is 8.44. The predicted molar refractivity (Wildman–Crippen MR) is 81.9 cm³/mol. The number of halogens is 1. The lowest BCUT2D eigenvalue weighted by atomic mass is 9.91. The van der Waals surface area contributed by atoms with Crippen molar-refractivity contribution < 1.29 is 0 Å². The fourth-order valence-corrected chi connectivity index (χ4v) is 3.58. The molecule has 0 amide bonds. The average molecular weight is 329 g/mol. The second-order valence-corrected chi connectivity index (χ2v) is 6.45. The quantitative estimate of drug-likeness (QED) is 0.922. The molecule has 108 valence electrons. The molecule has 0 radical (unpaired) electrons. The standard InChI is InChI=1S/C14H25BrN4/c1-4-12-14(15)13(18(3)17-12)9-19-7-5-11(6-8-19)10(2)16/h10-11H,4-9,16H2,1-3H3. The highest BCUT2D eigenvalue weighted by molar-refractivity contribution is 9.10. The topological polar surface area (TPSA) is 47.1 Å². The van der Waals surface area contributed by atoms with Crippen LogP contribution in [-0.4, -0.2) is 33.8 Å². The number of piperidine rings is 1. The number of nitrogens with zero attached hydrogens (tertiary/aromatic N) is 3. The van der Waals surface area contributed by atoms with E-state index in [1.165, 1.54) is 23.0 Å². The average Bonchev–Trinajstić information content (AvgIpc) is 2.67. The SMILES string of the molecule is CCc1nn(C)c(CN2CCC(C(C)N)CC2)c1Br. The Kier molecular flexibility index (Phi) is 5.03. The van der Waals surface area contributed by atoms with E-state index in [1.54, 1.807) is 0 Å². The largest absolute Gasteiger partial charge is 0.328 e. The molecular formula is C14H25BrN4. The summed E-state index contributed by atoms with van der Waals surface area (Å²) >= 11 is 3.69. The molecule has 0 spiro atoms. The van der Waals surface area contributed by atoms with E-state index in [-0.39, 0.29) is 0 Å². The van der Waals surface area contributed by atoms with Crippen molar-refractivity contribution in [3.05, 3.63) is 15.9 Å². The third kappa shape index (κ3) is 3.38. The minimum atomic E-state index is 0.331. The van der Waals surface area contributed by atoms with Crippen molar-refractivity contribution in [2.24, 2.45) is 18.7 Å². The molecule has 1 unspecified atom stereocenters. The van der Waals surface area contributed by atoms with E-state index in [0.717, 1.165) is 31.7 Å². The van der Waals surface area contributed by atoms with Crippen LogP contribution in [0.5, 0.6) is 0 Å². The van der Waals surface area contributed by atoms with Crippen molar-refractivity contribution in [3.8, 4) is 0 Å². The number of rotatable bonds is 4. The number of aromatic nitrogens is 2. The maximum atomic E-state index is 5.99. The first-order valence-electron chi connectivity index (χ1n) is 7.21.